The normalized spacial score (nSPS) is 11.1. The average molecular weight is 576 g/mol. The van der Waals surface area contributed by atoms with Crippen LogP contribution in [0.3, 0.4) is 0 Å². The maximum atomic E-state index is 9.56. The molecule has 0 saturated heterocycles. The number of hydrogen-bond donors (Lipinski definition) is 3. The zero-order valence-corrected chi connectivity index (χ0v) is 22.4. The molecule has 9 nitrogen and oxygen atoms in total. The van der Waals surface area contributed by atoms with Crippen molar-refractivity contribution in [2.24, 2.45) is 4.99 Å². The average Bonchev–Trinajstić information content (AvgIpc) is 3.31. The van der Waals surface area contributed by atoms with E-state index in [2.05, 4.69) is 44.9 Å². The highest BCUT2D eigenvalue weighted by Crippen LogP contribution is 2.21. The molecule has 0 aliphatic carbocycles. The van der Waals surface area contributed by atoms with Gasteiger partial charge in [-0.05, 0) is 58.2 Å². The fourth-order valence-corrected chi connectivity index (χ4v) is 3.66. The van der Waals surface area contributed by atoms with Crippen LogP contribution in [0.1, 0.15) is 42.4 Å². The third kappa shape index (κ3) is 7.21. The van der Waals surface area contributed by atoms with E-state index in [0.29, 0.717) is 36.6 Å². The van der Waals surface area contributed by atoms with Gasteiger partial charge in [0.15, 0.2) is 5.96 Å². The monoisotopic (exact) mass is 575 g/mol. The van der Waals surface area contributed by atoms with Crippen molar-refractivity contribution in [2.45, 2.75) is 46.6 Å². The number of anilines is 1. The van der Waals surface area contributed by atoms with Crippen LogP contribution in [0.15, 0.2) is 41.4 Å². The van der Waals surface area contributed by atoms with Gasteiger partial charge >= 0.3 is 0 Å². The van der Waals surface area contributed by atoms with Crippen LogP contribution >= 0.6 is 24.0 Å². The number of nitrogens with zero attached hydrogens (tertiary/aromatic N) is 6. The third-order valence-electron chi connectivity index (χ3n) is 5.23. The van der Waals surface area contributed by atoms with Gasteiger partial charge < -0.3 is 16.4 Å². The summed E-state index contributed by atoms with van der Waals surface area (Å²) in [5, 5.41) is 25.3. The molecule has 0 unspecified atom stereocenters. The van der Waals surface area contributed by atoms with Crippen molar-refractivity contribution in [3.63, 3.8) is 0 Å². The highest BCUT2D eigenvalue weighted by Gasteiger charge is 2.16. The number of rotatable bonds is 10. The van der Waals surface area contributed by atoms with E-state index in [4.69, 9.17) is 5.73 Å². The first kappa shape index (κ1) is 27.2. The van der Waals surface area contributed by atoms with Gasteiger partial charge in [0.1, 0.15) is 17.5 Å². The Morgan fingerprint density at radius 2 is 1.91 bits per heavy atom. The van der Waals surface area contributed by atoms with Gasteiger partial charge in [-0.3, -0.25) is 9.67 Å². The van der Waals surface area contributed by atoms with Crippen molar-refractivity contribution in [1.82, 2.24) is 30.2 Å². The van der Waals surface area contributed by atoms with Gasteiger partial charge in [-0.25, -0.2) is 4.68 Å². The molecule has 0 saturated carbocycles. The number of nitrogen functional groups attached to an aromatic ring is 1. The third-order valence-corrected chi connectivity index (χ3v) is 5.23. The minimum Gasteiger partial charge on any atom is -0.382 e. The van der Waals surface area contributed by atoms with Gasteiger partial charge in [-0.1, -0.05) is 18.2 Å². The van der Waals surface area contributed by atoms with Crippen molar-refractivity contribution < 1.29 is 0 Å². The lowest BCUT2D eigenvalue weighted by Gasteiger charge is -2.11. The molecule has 3 rings (SSSR count). The van der Waals surface area contributed by atoms with Crippen LogP contribution < -0.4 is 16.4 Å². The van der Waals surface area contributed by atoms with E-state index >= 15 is 0 Å². The first-order chi connectivity index (χ1) is 16.0. The second-order valence-corrected chi connectivity index (χ2v) is 7.86. The van der Waals surface area contributed by atoms with E-state index in [1.54, 1.807) is 4.68 Å². The van der Waals surface area contributed by atoms with Gasteiger partial charge in [0.2, 0.25) is 0 Å². The Morgan fingerprint density at radius 3 is 2.56 bits per heavy atom. The first-order valence-corrected chi connectivity index (χ1v) is 11.4. The number of para-hydroxylation sites is 1. The lowest BCUT2D eigenvalue weighted by molar-refractivity contribution is 0.567. The fraction of sp³-hybridized carbons (Fsp3) is 0.417. The summed E-state index contributed by atoms with van der Waals surface area (Å²) in [6.45, 7) is 9.20. The number of nitrogens with two attached hydrogens (primary N) is 1. The van der Waals surface area contributed by atoms with Crippen LogP contribution in [-0.2, 0) is 13.0 Å². The Bertz CT molecular complexity index is 1110. The van der Waals surface area contributed by atoms with E-state index in [-0.39, 0.29) is 24.0 Å². The molecule has 4 N–H and O–H groups in total. The van der Waals surface area contributed by atoms with E-state index in [1.807, 2.05) is 48.9 Å². The van der Waals surface area contributed by atoms with E-state index in [9.17, 15) is 5.26 Å². The molecule has 0 amide bonds. The van der Waals surface area contributed by atoms with Crippen LogP contribution in [-0.4, -0.2) is 45.2 Å². The number of guanidine groups is 1. The standard InChI is InChI=1S/C24H33N9.HI/c1-4-27-24(29-14-9-15-32-19(3)16-18(2)30-32)28-13-8-12-22-21(17-25)23(26)33(31-22)20-10-6-5-7-11-20;/h5-7,10-11,16H,4,8-9,12-15,26H2,1-3H3,(H2,27,28,29);1H. The highest BCUT2D eigenvalue weighted by atomic mass is 127. The molecule has 34 heavy (non-hydrogen) atoms. The molecule has 0 bridgehead atoms. The summed E-state index contributed by atoms with van der Waals surface area (Å²) in [4.78, 5) is 4.66. The molecule has 0 atom stereocenters. The first-order valence-electron chi connectivity index (χ1n) is 11.4. The van der Waals surface area contributed by atoms with Gasteiger partial charge in [0.25, 0.3) is 0 Å². The van der Waals surface area contributed by atoms with Crippen LogP contribution in [0, 0.1) is 25.2 Å². The number of aryl methyl sites for hydroxylation is 4. The molecular weight excluding hydrogens is 541 g/mol. The largest absolute Gasteiger partial charge is 0.382 e. The fourth-order valence-electron chi connectivity index (χ4n) is 3.66. The van der Waals surface area contributed by atoms with Crippen molar-refractivity contribution in [3.8, 4) is 11.8 Å². The topological polar surface area (TPSA) is 122 Å². The number of aliphatic imine (C=N–C) groups is 1. The van der Waals surface area contributed by atoms with Crippen LogP contribution in [0.2, 0.25) is 0 Å². The van der Waals surface area contributed by atoms with Gasteiger partial charge in [0, 0.05) is 31.9 Å². The van der Waals surface area contributed by atoms with Gasteiger partial charge in [-0.2, -0.15) is 15.5 Å². The predicted molar refractivity (Wildman–Crippen MR) is 147 cm³/mol. The lowest BCUT2D eigenvalue weighted by Crippen LogP contribution is -2.38. The van der Waals surface area contributed by atoms with Gasteiger partial charge in [-0.15, -0.1) is 24.0 Å². The Morgan fingerprint density at radius 1 is 1.15 bits per heavy atom. The van der Waals surface area contributed by atoms with Crippen LogP contribution in [0.25, 0.3) is 5.69 Å². The smallest absolute Gasteiger partial charge is 0.191 e. The molecule has 10 heteroatoms. The van der Waals surface area contributed by atoms with E-state index < -0.39 is 0 Å². The maximum Gasteiger partial charge on any atom is 0.191 e. The van der Waals surface area contributed by atoms with Crippen LogP contribution in [0.4, 0.5) is 5.82 Å². The van der Waals surface area contributed by atoms with Gasteiger partial charge in [0.05, 0.1) is 17.1 Å². The van der Waals surface area contributed by atoms with Crippen molar-refractivity contribution in [3.05, 3.63) is 59.0 Å². The second kappa shape index (κ2) is 13.6. The predicted octanol–water partition coefficient (Wildman–Crippen LogP) is 3.34. The number of nitrogens with one attached hydrogen (secondary N) is 2. The molecular formula is C24H34IN9. The molecule has 3 aromatic rings. The summed E-state index contributed by atoms with van der Waals surface area (Å²) in [7, 11) is 0. The summed E-state index contributed by atoms with van der Waals surface area (Å²) in [6, 6.07) is 13.9. The Kier molecular flexibility index (Phi) is 10.9. The Labute approximate surface area is 218 Å². The molecule has 1 aromatic carbocycles. The number of aromatic nitrogens is 4. The second-order valence-electron chi connectivity index (χ2n) is 7.86. The molecule has 0 fully saturated rings. The quantitative estimate of drug-likeness (QED) is 0.148. The lowest BCUT2D eigenvalue weighted by atomic mass is 10.1. The highest BCUT2D eigenvalue weighted by molar-refractivity contribution is 14.0. The maximum absolute atomic E-state index is 9.56. The Balaban J connectivity index is 0.00000408. The van der Waals surface area contributed by atoms with Crippen molar-refractivity contribution in [2.75, 3.05) is 25.4 Å². The number of halogens is 1. The summed E-state index contributed by atoms with van der Waals surface area (Å²) >= 11 is 0. The summed E-state index contributed by atoms with van der Waals surface area (Å²) < 4.78 is 3.66. The molecule has 0 spiro atoms. The van der Waals surface area contributed by atoms with E-state index in [0.717, 1.165) is 43.3 Å². The minimum atomic E-state index is 0. The molecule has 0 aliphatic heterocycles. The summed E-state index contributed by atoms with van der Waals surface area (Å²) in [6.07, 6.45) is 2.37. The summed E-state index contributed by atoms with van der Waals surface area (Å²) in [5.41, 5.74) is 10.4. The molecule has 2 aromatic heterocycles. The number of hydrogen-bond acceptors (Lipinski definition) is 5. The van der Waals surface area contributed by atoms with Crippen molar-refractivity contribution >= 4 is 35.8 Å². The van der Waals surface area contributed by atoms with E-state index in [1.165, 1.54) is 5.69 Å². The minimum absolute atomic E-state index is 0. The van der Waals surface area contributed by atoms with Crippen molar-refractivity contribution in [1.29, 1.82) is 5.26 Å². The summed E-state index contributed by atoms with van der Waals surface area (Å²) in [5.74, 6) is 1.17. The zero-order chi connectivity index (χ0) is 23.6. The molecule has 2 heterocycles. The molecule has 0 radical (unpaired) electrons. The molecule has 182 valence electrons. The number of benzene rings is 1. The number of nitriles is 1. The Hall–Kier alpha value is -3.07. The van der Waals surface area contributed by atoms with Crippen LogP contribution in [0.5, 0.6) is 0 Å². The molecule has 0 aliphatic rings. The SMILES string of the molecule is CCNC(=NCCCn1nc(C)cc1C)NCCCc1nn(-c2ccccc2)c(N)c1C#N.I. The zero-order valence-electron chi connectivity index (χ0n) is 20.1.